The lowest BCUT2D eigenvalue weighted by molar-refractivity contribution is 0.102. The second kappa shape index (κ2) is 7.88. The Morgan fingerprint density at radius 2 is 2.03 bits per heavy atom. The van der Waals surface area contributed by atoms with E-state index in [1.165, 1.54) is 6.20 Å². The van der Waals surface area contributed by atoms with E-state index in [-0.39, 0.29) is 11.6 Å². The van der Waals surface area contributed by atoms with Gasteiger partial charge in [-0.3, -0.25) is 9.69 Å². The number of hydrogen-bond donors (Lipinski definition) is 1. The zero-order valence-corrected chi connectivity index (χ0v) is 17.8. The van der Waals surface area contributed by atoms with E-state index < -0.39 is 6.17 Å². The SMILES string of the molecule is Cc1cn2cc(NC(=O)c3cnc(N4CC(CN5CCC(F)C5)C4)cn3)cc(C)c2n1. The number of aromatic nitrogens is 4. The minimum atomic E-state index is -0.671. The van der Waals surface area contributed by atoms with Crippen molar-refractivity contribution in [2.24, 2.45) is 5.92 Å². The fourth-order valence-corrected chi connectivity index (χ4v) is 4.45. The summed E-state index contributed by atoms with van der Waals surface area (Å²) >= 11 is 0. The lowest BCUT2D eigenvalue weighted by Crippen LogP contribution is -2.51. The van der Waals surface area contributed by atoms with Crippen LogP contribution < -0.4 is 10.2 Å². The summed E-state index contributed by atoms with van der Waals surface area (Å²) in [5.41, 5.74) is 3.73. The summed E-state index contributed by atoms with van der Waals surface area (Å²) in [4.78, 5) is 30.2. The van der Waals surface area contributed by atoms with Crippen LogP contribution in [0.3, 0.4) is 0 Å². The number of alkyl halides is 1. The van der Waals surface area contributed by atoms with Crippen molar-refractivity contribution in [2.45, 2.75) is 26.4 Å². The minimum absolute atomic E-state index is 0.270. The maximum Gasteiger partial charge on any atom is 0.275 e. The molecule has 0 spiro atoms. The number of amides is 1. The van der Waals surface area contributed by atoms with Gasteiger partial charge < -0.3 is 14.6 Å². The predicted octanol–water partition coefficient (Wildman–Crippen LogP) is 2.47. The fourth-order valence-electron chi connectivity index (χ4n) is 4.45. The number of rotatable bonds is 5. The Balaban J connectivity index is 1.18. The van der Waals surface area contributed by atoms with Crippen LogP contribution in [0.15, 0.2) is 30.9 Å². The second-order valence-electron chi connectivity index (χ2n) is 8.66. The lowest BCUT2D eigenvalue weighted by Gasteiger charge is -2.41. The topological polar surface area (TPSA) is 78.7 Å². The number of anilines is 2. The number of halogens is 1. The van der Waals surface area contributed by atoms with Gasteiger partial charge in [0.1, 0.15) is 23.3 Å². The number of imidazole rings is 1. The zero-order valence-electron chi connectivity index (χ0n) is 17.8. The molecule has 5 heterocycles. The molecule has 1 amide bonds. The Labute approximate surface area is 180 Å². The smallest absolute Gasteiger partial charge is 0.275 e. The average molecular weight is 423 g/mol. The third-order valence-corrected chi connectivity index (χ3v) is 6.00. The summed E-state index contributed by atoms with van der Waals surface area (Å²) in [5.74, 6) is 0.995. The molecule has 0 radical (unpaired) electrons. The molecule has 0 aromatic carbocycles. The third kappa shape index (κ3) is 4.10. The van der Waals surface area contributed by atoms with Crippen molar-refractivity contribution in [3.05, 3.63) is 47.8 Å². The van der Waals surface area contributed by atoms with Gasteiger partial charge in [-0.05, 0) is 31.9 Å². The molecule has 2 saturated heterocycles. The van der Waals surface area contributed by atoms with Crippen molar-refractivity contribution < 1.29 is 9.18 Å². The molecule has 2 aliphatic rings. The van der Waals surface area contributed by atoms with E-state index in [1.807, 2.05) is 36.7 Å². The van der Waals surface area contributed by atoms with Gasteiger partial charge in [0.25, 0.3) is 5.91 Å². The highest BCUT2D eigenvalue weighted by atomic mass is 19.1. The van der Waals surface area contributed by atoms with E-state index in [9.17, 15) is 9.18 Å². The molecular formula is C22H26FN7O. The molecule has 1 atom stereocenters. The Kier molecular flexibility index (Phi) is 5.05. The molecule has 0 bridgehead atoms. The average Bonchev–Trinajstić information content (AvgIpc) is 3.29. The van der Waals surface area contributed by atoms with E-state index in [0.29, 0.717) is 24.6 Å². The van der Waals surface area contributed by atoms with Crippen molar-refractivity contribution in [1.29, 1.82) is 0 Å². The Morgan fingerprint density at radius 3 is 2.74 bits per heavy atom. The molecule has 162 valence electrons. The first kappa shape index (κ1) is 19.9. The highest BCUT2D eigenvalue weighted by Gasteiger charge is 2.32. The maximum atomic E-state index is 13.3. The molecule has 2 fully saturated rings. The number of pyridine rings is 1. The summed E-state index contributed by atoms with van der Waals surface area (Å²) in [6, 6.07) is 1.90. The van der Waals surface area contributed by atoms with Crippen molar-refractivity contribution in [2.75, 3.05) is 42.9 Å². The predicted molar refractivity (Wildman–Crippen MR) is 116 cm³/mol. The number of fused-ring (bicyclic) bond motifs is 1. The van der Waals surface area contributed by atoms with Crippen LogP contribution in [0.2, 0.25) is 0 Å². The molecule has 1 unspecified atom stereocenters. The van der Waals surface area contributed by atoms with Gasteiger partial charge in [-0.15, -0.1) is 0 Å². The van der Waals surface area contributed by atoms with Gasteiger partial charge in [-0.2, -0.15) is 0 Å². The summed E-state index contributed by atoms with van der Waals surface area (Å²) in [5, 5.41) is 2.89. The molecule has 1 N–H and O–H groups in total. The van der Waals surface area contributed by atoms with Gasteiger partial charge in [-0.25, -0.2) is 19.3 Å². The Morgan fingerprint density at radius 1 is 1.19 bits per heavy atom. The van der Waals surface area contributed by atoms with Gasteiger partial charge in [0, 0.05) is 51.0 Å². The van der Waals surface area contributed by atoms with Gasteiger partial charge in [-0.1, -0.05) is 0 Å². The molecule has 3 aromatic heterocycles. The van der Waals surface area contributed by atoms with Gasteiger partial charge in [0.2, 0.25) is 0 Å². The van der Waals surface area contributed by atoms with Crippen molar-refractivity contribution >= 4 is 23.1 Å². The van der Waals surface area contributed by atoms with E-state index in [2.05, 4.69) is 30.1 Å². The Bertz CT molecular complexity index is 1110. The minimum Gasteiger partial charge on any atom is -0.355 e. The highest BCUT2D eigenvalue weighted by molar-refractivity contribution is 6.02. The maximum absolute atomic E-state index is 13.3. The van der Waals surface area contributed by atoms with Crippen LogP contribution >= 0.6 is 0 Å². The van der Waals surface area contributed by atoms with Crippen LogP contribution in [0, 0.1) is 19.8 Å². The number of nitrogens with zero attached hydrogens (tertiary/aromatic N) is 6. The van der Waals surface area contributed by atoms with E-state index >= 15 is 0 Å². The third-order valence-electron chi connectivity index (χ3n) is 6.00. The summed E-state index contributed by atoms with van der Waals surface area (Å²) in [7, 11) is 0. The Hall–Kier alpha value is -3.07. The number of carbonyl (C=O) groups is 1. The molecule has 8 nitrogen and oxygen atoms in total. The normalized spacial score (nSPS) is 19.7. The summed E-state index contributed by atoms with van der Waals surface area (Å²) in [6.45, 7) is 8.03. The van der Waals surface area contributed by atoms with Crippen molar-refractivity contribution in [1.82, 2.24) is 24.3 Å². The summed E-state index contributed by atoms with van der Waals surface area (Å²) < 4.78 is 15.2. The quantitative estimate of drug-likeness (QED) is 0.679. The standard InChI is InChI=1S/C22H26FN7O/c1-14-5-18(13-30-8-15(2)26-21(14)30)27-22(31)19-6-25-20(7-24-19)29-10-16(11-29)9-28-4-3-17(23)12-28/h5-8,13,16-17H,3-4,9-12H2,1-2H3,(H,27,31). The van der Waals surface area contributed by atoms with Crippen LogP contribution in [0.1, 0.15) is 28.2 Å². The molecule has 3 aromatic rings. The van der Waals surface area contributed by atoms with E-state index in [0.717, 1.165) is 48.9 Å². The fraction of sp³-hybridized carbons (Fsp3) is 0.455. The molecule has 9 heteroatoms. The molecule has 2 aliphatic heterocycles. The van der Waals surface area contributed by atoms with Crippen LogP contribution in [-0.4, -0.2) is 69.1 Å². The number of carbonyl (C=O) groups excluding carboxylic acids is 1. The second-order valence-corrected chi connectivity index (χ2v) is 8.66. The lowest BCUT2D eigenvalue weighted by atomic mass is 10.00. The van der Waals surface area contributed by atoms with Crippen LogP contribution in [-0.2, 0) is 0 Å². The van der Waals surface area contributed by atoms with E-state index in [1.54, 1.807) is 6.20 Å². The number of likely N-dealkylation sites (tertiary alicyclic amines) is 1. The number of hydrogen-bond acceptors (Lipinski definition) is 6. The molecule has 0 aliphatic carbocycles. The van der Waals surface area contributed by atoms with Gasteiger partial charge >= 0.3 is 0 Å². The molecule has 5 rings (SSSR count). The molecule has 0 saturated carbocycles. The van der Waals surface area contributed by atoms with Crippen LogP contribution in [0.5, 0.6) is 0 Å². The van der Waals surface area contributed by atoms with E-state index in [4.69, 9.17) is 0 Å². The van der Waals surface area contributed by atoms with Gasteiger partial charge in [0.15, 0.2) is 0 Å². The monoisotopic (exact) mass is 423 g/mol. The van der Waals surface area contributed by atoms with Gasteiger partial charge in [0.05, 0.1) is 23.8 Å². The molecule has 31 heavy (non-hydrogen) atoms. The van der Waals surface area contributed by atoms with Crippen molar-refractivity contribution in [3.8, 4) is 0 Å². The first-order valence-electron chi connectivity index (χ1n) is 10.7. The number of nitrogens with one attached hydrogen (secondary N) is 1. The first-order valence-corrected chi connectivity index (χ1v) is 10.7. The zero-order chi connectivity index (χ0) is 21.5. The highest BCUT2D eigenvalue weighted by Crippen LogP contribution is 2.25. The number of aryl methyl sites for hydroxylation is 2. The van der Waals surface area contributed by atoms with Crippen molar-refractivity contribution in [3.63, 3.8) is 0 Å². The first-order chi connectivity index (χ1) is 14.9. The molecular weight excluding hydrogens is 397 g/mol. The van der Waals surface area contributed by atoms with Crippen LogP contribution in [0.25, 0.3) is 5.65 Å². The largest absolute Gasteiger partial charge is 0.355 e. The summed E-state index contributed by atoms with van der Waals surface area (Å²) in [6.07, 6.45) is 6.90. The van der Waals surface area contributed by atoms with Crippen LogP contribution in [0.4, 0.5) is 15.9 Å².